The molecular weight excluding hydrogens is 300 g/mol. The SMILES string of the molecule is CNc1nc(-c2ccccc2)c(-c2ccnc(SC)n2)s1. The number of nitrogens with zero attached hydrogens (tertiary/aromatic N) is 3. The van der Waals surface area contributed by atoms with Crippen LogP contribution < -0.4 is 5.32 Å². The van der Waals surface area contributed by atoms with Crippen molar-refractivity contribution < 1.29 is 0 Å². The molecule has 0 amide bonds. The van der Waals surface area contributed by atoms with E-state index in [0.717, 1.165) is 32.1 Å². The number of thioether (sulfide) groups is 1. The molecule has 1 aromatic carbocycles. The van der Waals surface area contributed by atoms with E-state index < -0.39 is 0 Å². The molecule has 0 atom stereocenters. The minimum Gasteiger partial charge on any atom is -0.365 e. The Morgan fingerprint density at radius 2 is 1.90 bits per heavy atom. The van der Waals surface area contributed by atoms with E-state index in [1.165, 1.54) is 11.8 Å². The Morgan fingerprint density at radius 3 is 2.62 bits per heavy atom. The van der Waals surface area contributed by atoms with Gasteiger partial charge in [0.1, 0.15) is 0 Å². The molecule has 2 heterocycles. The molecule has 0 bridgehead atoms. The second kappa shape index (κ2) is 6.24. The average molecular weight is 314 g/mol. The lowest BCUT2D eigenvalue weighted by atomic mass is 10.1. The minimum absolute atomic E-state index is 0.769. The highest BCUT2D eigenvalue weighted by atomic mass is 32.2. The Balaban J connectivity index is 2.15. The normalized spacial score (nSPS) is 10.6. The van der Waals surface area contributed by atoms with Crippen molar-refractivity contribution in [2.75, 3.05) is 18.6 Å². The van der Waals surface area contributed by atoms with E-state index in [1.54, 1.807) is 17.5 Å². The van der Waals surface area contributed by atoms with Gasteiger partial charge in [0.25, 0.3) is 0 Å². The summed E-state index contributed by atoms with van der Waals surface area (Å²) in [7, 11) is 1.88. The topological polar surface area (TPSA) is 50.7 Å². The zero-order chi connectivity index (χ0) is 14.7. The van der Waals surface area contributed by atoms with E-state index in [2.05, 4.69) is 32.4 Å². The van der Waals surface area contributed by atoms with E-state index in [-0.39, 0.29) is 0 Å². The molecule has 0 aliphatic heterocycles. The highest BCUT2D eigenvalue weighted by molar-refractivity contribution is 7.98. The molecule has 0 saturated heterocycles. The number of aromatic nitrogens is 3. The van der Waals surface area contributed by atoms with Crippen molar-refractivity contribution in [3.8, 4) is 21.8 Å². The van der Waals surface area contributed by atoms with Crippen LogP contribution in [0.4, 0.5) is 5.13 Å². The zero-order valence-corrected chi connectivity index (χ0v) is 13.3. The molecule has 0 unspecified atom stereocenters. The van der Waals surface area contributed by atoms with Crippen molar-refractivity contribution in [3.05, 3.63) is 42.6 Å². The zero-order valence-electron chi connectivity index (χ0n) is 11.7. The maximum absolute atomic E-state index is 4.67. The summed E-state index contributed by atoms with van der Waals surface area (Å²) in [4.78, 5) is 14.6. The van der Waals surface area contributed by atoms with Gasteiger partial charge in [-0.1, -0.05) is 53.4 Å². The first-order valence-corrected chi connectivity index (χ1v) is 8.47. The Bertz CT molecular complexity index is 740. The summed E-state index contributed by atoms with van der Waals surface area (Å²) < 4.78 is 0. The molecule has 3 aromatic rings. The van der Waals surface area contributed by atoms with Gasteiger partial charge in [-0.15, -0.1) is 0 Å². The minimum atomic E-state index is 0.769. The smallest absolute Gasteiger partial charge is 0.187 e. The van der Waals surface area contributed by atoms with Crippen molar-refractivity contribution in [2.45, 2.75) is 5.16 Å². The Hall–Kier alpha value is -1.92. The molecule has 0 spiro atoms. The largest absolute Gasteiger partial charge is 0.365 e. The van der Waals surface area contributed by atoms with Crippen LogP contribution in [-0.4, -0.2) is 28.3 Å². The van der Waals surface area contributed by atoms with Crippen molar-refractivity contribution in [1.82, 2.24) is 15.0 Å². The van der Waals surface area contributed by atoms with E-state index in [9.17, 15) is 0 Å². The van der Waals surface area contributed by atoms with Gasteiger partial charge in [-0.25, -0.2) is 15.0 Å². The molecule has 4 nitrogen and oxygen atoms in total. The second-order valence-corrected chi connectivity index (χ2v) is 6.01. The van der Waals surface area contributed by atoms with Gasteiger partial charge in [0.15, 0.2) is 10.3 Å². The van der Waals surface area contributed by atoms with Gasteiger partial charge in [-0.3, -0.25) is 0 Å². The van der Waals surface area contributed by atoms with Gasteiger partial charge < -0.3 is 5.32 Å². The third-order valence-corrected chi connectivity index (χ3v) is 4.59. The summed E-state index contributed by atoms with van der Waals surface area (Å²) in [5.41, 5.74) is 2.96. The fourth-order valence-corrected chi connectivity index (χ4v) is 3.22. The average Bonchev–Trinajstić information content (AvgIpc) is 3.00. The van der Waals surface area contributed by atoms with Crippen LogP contribution in [0.25, 0.3) is 21.8 Å². The van der Waals surface area contributed by atoms with Crippen molar-refractivity contribution >= 4 is 28.2 Å². The predicted molar refractivity (Wildman–Crippen MR) is 89.9 cm³/mol. The van der Waals surface area contributed by atoms with Gasteiger partial charge >= 0.3 is 0 Å². The number of hydrogen-bond donors (Lipinski definition) is 1. The molecular formula is C15H14N4S2. The molecule has 0 aliphatic rings. The number of thiazole rings is 1. The maximum atomic E-state index is 4.67. The van der Waals surface area contributed by atoms with Crippen molar-refractivity contribution in [1.29, 1.82) is 0 Å². The molecule has 0 aliphatic carbocycles. The lowest BCUT2D eigenvalue weighted by molar-refractivity contribution is 0.978. The summed E-state index contributed by atoms with van der Waals surface area (Å²) in [5.74, 6) is 0. The first-order chi connectivity index (χ1) is 10.3. The maximum Gasteiger partial charge on any atom is 0.187 e. The van der Waals surface area contributed by atoms with Crippen LogP contribution in [0.5, 0.6) is 0 Å². The van der Waals surface area contributed by atoms with Crippen LogP contribution in [0.2, 0.25) is 0 Å². The highest BCUT2D eigenvalue weighted by Gasteiger charge is 2.15. The molecule has 106 valence electrons. The van der Waals surface area contributed by atoms with Crippen molar-refractivity contribution in [2.24, 2.45) is 0 Å². The third kappa shape index (κ3) is 2.91. The van der Waals surface area contributed by atoms with E-state index in [4.69, 9.17) is 0 Å². The van der Waals surface area contributed by atoms with Crippen LogP contribution in [0, 0.1) is 0 Å². The fourth-order valence-electron chi connectivity index (χ4n) is 1.96. The van der Waals surface area contributed by atoms with Gasteiger partial charge in [0.2, 0.25) is 0 Å². The van der Waals surface area contributed by atoms with E-state index >= 15 is 0 Å². The van der Waals surface area contributed by atoms with Gasteiger partial charge in [0, 0.05) is 18.8 Å². The van der Waals surface area contributed by atoms with Gasteiger partial charge in [-0.05, 0) is 12.3 Å². The second-order valence-electron chi connectivity index (χ2n) is 4.24. The molecule has 2 aromatic heterocycles. The van der Waals surface area contributed by atoms with Gasteiger partial charge in [0.05, 0.1) is 16.3 Å². The van der Waals surface area contributed by atoms with Crippen LogP contribution in [0.3, 0.4) is 0 Å². The molecule has 1 N–H and O–H groups in total. The molecule has 21 heavy (non-hydrogen) atoms. The molecule has 6 heteroatoms. The first kappa shape index (κ1) is 14.0. The Labute approximate surface area is 131 Å². The number of benzene rings is 1. The molecule has 0 saturated carbocycles. The van der Waals surface area contributed by atoms with Crippen LogP contribution in [-0.2, 0) is 0 Å². The molecule has 0 radical (unpaired) electrons. The first-order valence-electron chi connectivity index (χ1n) is 6.43. The summed E-state index contributed by atoms with van der Waals surface area (Å²) in [6.45, 7) is 0. The lowest BCUT2D eigenvalue weighted by Gasteiger charge is -2.03. The van der Waals surface area contributed by atoms with Crippen LogP contribution in [0.15, 0.2) is 47.8 Å². The number of hydrogen-bond acceptors (Lipinski definition) is 6. The number of nitrogens with one attached hydrogen (secondary N) is 1. The summed E-state index contributed by atoms with van der Waals surface area (Å²) >= 11 is 3.14. The highest BCUT2D eigenvalue weighted by Crippen LogP contribution is 2.38. The monoisotopic (exact) mass is 314 g/mol. The summed E-state index contributed by atoms with van der Waals surface area (Å²) in [6.07, 6.45) is 3.77. The number of rotatable bonds is 4. The number of anilines is 1. The summed E-state index contributed by atoms with van der Waals surface area (Å²) in [6, 6.07) is 12.1. The Kier molecular flexibility index (Phi) is 4.17. The van der Waals surface area contributed by atoms with Crippen molar-refractivity contribution in [3.63, 3.8) is 0 Å². The standard InChI is InChI=1S/C15H14N4S2/c1-16-14-19-12(10-6-4-3-5-7-10)13(21-14)11-8-9-17-15(18-11)20-2/h3-9H,1-2H3,(H,16,19). The quantitative estimate of drug-likeness (QED) is 0.582. The molecule has 3 rings (SSSR count). The third-order valence-electron chi connectivity index (χ3n) is 2.94. The Morgan fingerprint density at radius 1 is 1.10 bits per heavy atom. The van der Waals surface area contributed by atoms with Gasteiger partial charge in [-0.2, -0.15) is 0 Å². The van der Waals surface area contributed by atoms with Crippen LogP contribution >= 0.6 is 23.1 Å². The van der Waals surface area contributed by atoms with E-state index in [0.29, 0.717) is 0 Å². The lowest BCUT2D eigenvalue weighted by Crippen LogP contribution is -1.89. The summed E-state index contributed by atoms with van der Waals surface area (Å²) in [5, 5.41) is 4.77. The molecule has 0 fully saturated rings. The predicted octanol–water partition coefficient (Wildman–Crippen LogP) is 4.03. The van der Waals surface area contributed by atoms with E-state index in [1.807, 2.05) is 37.6 Å². The van der Waals surface area contributed by atoms with Crippen LogP contribution in [0.1, 0.15) is 0 Å². The fraction of sp³-hybridized carbons (Fsp3) is 0.133.